The summed E-state index contributed by atoms with van der Waals surface area (Å²) in [4.78, 5) is 24.0. The van der Waals surface area contributed by atoms with E-state index in [2.05, 4.69) is 15.4 Å². The molecule has 168 valence electrons. The Hall–Kier alpha value is -3.59. The van der Waals surface area contributed by atoms with E-state index in [1.165, 1.54) is 30.5 Å². The minimum absolute atomic E-state index is 0.0961. The van der Waals surface area contributed by atoms with Crippen LogP contribution in [0.2, 0.25) is 0 Å². The van der Waals surface area contributed by atoms with Gasteiger partial charge in [0.15, 0.2) is 5.76 Å². The number of carbonyl (C=O) groups is 2. The standard InChI is InChI=1S/C23H25N3O5S/c1-16-6-3-7-17(2)22(16)26-32(29,30)19-12-10-18(11-13-19)25-21(27)9-4-14-24-23(28)20-8-5-15-31-20/h3,5-8,10-13,15,26H,4,9,14H2,1-2H3,(H,24,28)(H,25,27). The molecule has 0 spiro atoms. The Morgan fingerprint density at radius 1 is 0.938 bits per heavy atom. The van der Waals surface area contributed by atoms with Gasteiger partial charge in [-0.1, -0.05) is 18.2 Å². The molecule has 0 aliphatic carbocycles. The summed E-state index contributed by atoms with van der Waals surface area (Å²) >= 11 is 0. The molecule has 0 fully saturated rings. The van der Waals surface area contributed by atoms with Gasteiger partial charge in [0.2, 0.25) is 5.91 Å². The number of aryl methyl sites for hydroxylation is 2. The molecule has 1 heterocycles. The zero-order valence-corrected chi connectivity index (χ0v) is 18.7. The molecule has 3 N–H and O–H groups in total. The second-order valence-electron chi connectivity index (χ2n) is 7.28. The molecule has 0 saturated heterocycles. The van der Waals surface area contributed by atoms with Gasteiger partial charge in [-0.2, -0.15) is 0 Å². The number of sulfonamides is 1. The minimum Gasteiger partial charge on any atom is -0.459 e. The van der Waals surface area contributed by atoms with Crippen molar-refractivity contribution in [2.45, 2.75) is 31.6 Å². The summed E-state index contributed by atoms with van der Waals surface area (Å²) in [5.41, 5.74) is 2.71. The topological polar surface area (TPSA) is 118 Å². The normalized spacial score (nSPS) is 11.1. The lowest BCUT2D eigenvalue weighted by atomic mass is 10.1. The molecule has 2 aromatic carbocycles. The van der Waals surface area contributed by atoms with Crippen LogP contribution in [0.15, 0.2) is 70.2 Å². The third-order valence-electron chi connectivity index (χ3n) is 4.78. The van der Waals surface area contributed by atoms with Crippen molar-refractivity contribution >= 4 is 33.2 Å². The van der Waals surface area contributed by atoms with Crippen LogP contribution in [0.4, 0.5) is 11.4 Å². The number of nitrogens with one attached hydrogen (secondary N) is 3. The lowest BCUT2D eigenvalue weighted by Crippen LogP contribution is -2.25. The van der Waals surface area contributed by atoms with E-state index in [-0.39, 0.29) is 28.9 Å². The fraction of sp³-hybridized carbons (Fsp3) is 0.217. The summed E-state index contributed by atoms with van der Waals surface area (Å²) in [5.74, 6) is -0.347. The van der Waals surface area contributed by atoms with Crippen molar-refractivity contribution in [1.29, 1.82) is 0 Å². The minimum atomic E-state index is -3.76. The Morgan fingerprint density at radius 2 is 1.62 bits per heavy atom. The summed E-state index contributed by atoms with van der Waals surface area (Å²) in [6.07, 6.45) is 2.07. The molecule has 0 radical (unpaired) electrons. The number of furan rings is 1. The predicted molar refractivity (Wildman–Crippen MR) is 122 cm³/mol. The second-order valence-corrected chi connectivity index (χ2v) is 8.96. The van der Waals surface area contributed by atoms with E-state index in [1.807, 2.05) is 32.0 Å². The van der Waals surface area contributed by atoms with E-state index in [4.69, 9.17) is 4.42 Å². The average Bonchev–Trinajstić information content (AvgIpc) is 3.29. The fourth-order valence-electron chi connectivity index (χ4n) is 3.06. The Bertz CT molecular complexity index is 1170. The van der Waals surface area contributed by atoms with Crippen LogP contribution in [0.5, 0.6) is 0 Å². The highest BCUT2D eigenvalue weighted by molar-refractivity contribution is 7.92. The smallest absolute Gasteiger partial charge is 0.286 e. The van der Waals surface area contributed by atoms with Gasteiger partial charge < -0.3 is 15.1 Å². The van der Waals surface area contributed by atoms with Crippen molar-refractivity contribution < 1.29 is 22.4 Å². The van der Waals surface area contributed by atoms with Crippen LogP contribution in [0.1, 0.15) is 34.5 Å². The zero-order valence-electron chi connectivity index (χ0n) is 17.8. The molecule has 3 rings (SSSR count). The molecule has 0 bridgehead atoms. The summed E-state index contributed by atoms with van der Waals surface area (Å²) in [5, 5.41) is 5.39. The second kappa shape index (κ2) is 10.1. The predicted octanol–water partition coefficient (Wildman–Crippen LogP) is 3.85. The van der Waals surface area contributed by atoms with Gasteiger partial charge in [0, 0.05) is 18.7 Å². The molecule has 0 unspecified atom stereocenters. The third kappa shape index (κ3) is 5.98. The van der Waals surface area contributed by atoms with Gasteiger partial charge in [-0.3, -0.25) is 14.3 Å². The summed E-state index contributed by atoms with van der Waals surface area (Å²) in [7, 11) is -3.76. The molecule has 2 amide bonds. The maximum absolute atomic E-state index is 12.7. The first-order valence-electron chi connectivity index (χ1n) is 10.1. The van der Waals surface area contributed by atoms with Crippen LogP contribution in [0.3, 0.4) is 0 Å². The number of rotatable bonds is 9. The fourth-order valence-corrected chi connectivity index (χ4v) is 4.26. The Labute approximate surface area is 187 Å². The van der Waals surface area contributed by atoms with Crippen molar-refractivity contribution in [3.8, 4) is 0 Å². The van der Waals surface area contributed by atoms with Gasteiger partial charge in [0.05, 0.1) is 16.8 Å². The van der Waals surface area contributed by atoms with Gasteiger partial charge in [-0.25, -0.2) is 8.42 Å². The van der Waals surface area contributed by atoms with Crippen molar-refractivity contribution in [2.75, 3.05) is 16.6 Å². The van der Waals surface area contributed by atoms with E-state index in [0.29, 0.717) is 24.3 Å². The molecular formula is C23H25N3O5S. The Balaban J connectivity index is 1.50. The van der Waals surface area contributed by atoms with Gasteiger partial charge in [-0.15, -0.1) is 0 Å². The van der Waals surface area contributed by atoms with Gasteiger partial charge in [0.1, 0.15) is 0 Å². The maximum atomic E-state index is 12.7. The summed E-state index contributed by atoms with van der Waals surface area (Å²) < 4.78 is 33.0. The number of para-hydroxylation sites is 1. The van der Waals surface area contributed by atoms with E-state index in [9.17, 15) is 18.0 Å². The largest absolute Gasteiger partial charge is 0.459 e. The molecule has 0 atom stereocenters. The molecule has 0 saturated carbocycles. The van der Waals surface area contributed by atoms with Crippen LogP contribution >= 0.6 is 0 Å². The van der Waals surface area contributed by atoms with Crippen LogP contribution in [-0.4, -0.2) is 26.8 Å². The first-order chi connectivity index (χ1) is 15.3. The molecule has 0 aliphatic heterocycles. The van der Waals surface area contributed by atoms with Crippen molar-refractivity contribution in [3.63, 3.8) is 0 Å². The average molecular weight is 456 g/mol. The van der Waals surface area contributed by atoms with Crippen LogP contribution in [0.25, 0.3) is 0 Å². The van der Waals surface area contributed by atoms with Crippen molar-refractivity contribution in [3.05, 3.63) is 77.7 Å². The third-order valence-corrected chi connectivity index (χ3v) is 6.14. The zero-order chi connectivity index (χ0) is 23.1. The highest BCUT2D eigenvalue weighted by Crippen LogP contribution is 2.24. The highest BCUT2D eigenvalue weighted by atomic mass is 32.2. The van der Waals surface area contributed by atoms with Crippen molar-refractivity contribution in [2.24, 2.45) is 0 Å². The lowest BCUT2D eigenvalue weighted by molar-refractivity contribution is -0.116. The Morgan fingerprint density at radius 3 is 2.25 bits per heavy atom. The lowest BCUT2D eigenvalue weighted by Gasteiger charge is -2.13. The highest BCUT2D eigenvalue weighted by Gasteiger charge is 2.16. The molecule has 8 nitrogen and oxygen atoms in total. The molecule has 3 aromatic rings. The number of carbonyl (C=O) groups excluding carboxylic acids is 2. The first kappa shape index (κ1) is 23.1. The number of amides is 2. The van der Waals surface area contributed by atoms with E-state index in [1.54, 1.807) is 12.1 Å². The molecule has 9 heteroatoms. The molecule has 1 aromatic heterocycles. The van der Waals surface area contributed by atoms with Crippen LogP contribution < -0.4 is 15.4 Å². The van der Waals surface area contributed by atoms with Crippen LogP contribution in [-0.2, 0) is 14.8 Å². The molecular weight excluding hydrogens is 430 g/mol. The van der Waals surface area contributed by atoms with E-state index >= 15 is 0 Å². The van der Waals surface area contributed by atoms with E-state index in [0.717, 1.165) is 11.1 Å². The monoisotopic (exact) mass is 455 g/mol. The van der Waals surface area contributed by atoms with Crippen molar-refractivity contribution in [1.82, 2.24) is 5.32 Å². The van der Waals surface area contributed by atoms with Gasteiger partial charge >= 0.3 is 0 Å². The Kier molecular flexibility index (Phi) is 7.32. The number of hydrogen-bond acceptors (Lipinski definition) is 5. The number of anilines is 2. The van der Waals surface area contributed by atoms with E-state index < -0.39 is 10.0 Å². The molecule has 32 heavy (non-hydrogen) atoms. The summed E-state index contributed by atoms with van der Waals surface area (Å²) in [6.45, 7) is 4.01. The van der Waals surface area contributed by atoms with Crippen LogP contribution in [0, 0.1) is 13.8 Å². The van der Waals surface area contributed by atoms with Gasteiger partial charge in [-0.05, 0) is 67.8 Å². The molecule has 0 aliphatic rings. The van der Waals surface area contributed by atoms with Gasteiger partial charge in [0.25, 0.3) is 15.9 Å². The summed E-state index contributed by atoms with van der Waals surface area (Å²) in [6, 6.07) is 14.7. The SMILES string of the molecule is Cc1cccc(C)c1NS(=O)(=O)c1ccc(NC(=O)CCCNC(=O)c2ccco2)cc1. The number of benzene rings is 2. The number of hydrogen-bond donors (Lipinski definition) is 3. The quantitative estimate of drug-likeness (QED) is 0.424. The first-order valence-corrected chi connectivity index (χ1v) is 11.6. The maximum Gasteiger partial charge on any atom is 0.286 e.